The first-order valence-corrected chi connectivity index (χ1v) is 11.4. The number of allylic oxidation sites excluding steroid dienone is 1. The van der Waals surface area contributed by atoms with Gasteiger partial charge in [-0.15, -0.1) is 0 Å². The smallest absolute Gasteiger partial charge is 0.307 e. The molecule has 0 saturated carbocycles. The summed E-state index contributed by atoms with van der Waals surface area (Å²) >= 11 is 0. The van der Waals surface area contributed by atoms with Crippen molar-refractivity contribution >= 4 is 30.3 Å². The Morgan fingerprint density at radius 2 is 1.72 bits per heavy atom. The highest BCUT2D eigenvalue weighted by molar-refractivity contribution is 7.61. The van der Waals surface area contributed by atoms with Crippen molar-refractivity contribution in [2.75, 3.05) is 6.16 Å². The lowest BCUT2D eigenvalue weighted by Crippen LogP contribution is -2.24. The average Bonchev–Trinajstić information content (AvgIpc) is 3.24. The number of carbonyl (C=O) groups excluding carboxylic acids is 1. The van der Waals surface area contributed by atoms with Gasteiger partial charge in [0.05, 0.1) is 0 Å². The van der Waals surface area contributed by atoms with Gasteiger partial charge >= 0.3 is 5.97 Å². The Bertz CT molecular complexity index is 1130. The second kappa shape index (κ2) is 7.81. The Kier molecular flexibility index (Phi) is 5.21. The van der Waals surface area contributed by atoms with Crippen molar-refractivity contribution in [3.63, 3.8) is 0 Å². The van der Waals surface area contributed by atoms with Crippen LogP contribution in [0.2, 0.25) is 0 Å². The van der Waals surface area contributed by atoms with Gasteiger partial charge in [-0.2, -0.15) is 0 Å². The van der Waals surface area contributed by atoms with Gasteiger partial charge in [-0.1, -0.05) is 72.8 Å². The summed E-state index contributed by atoms with van der Waals surface area (Å²) in [5.74, 6) is -0.558. The van der Waals surface area contributed by atoms with E-state index < -0.39 is 18.6 Å². The number of aryl methyl sites for hydroxylation is 1. The van der Waals surface area contributed by atoms with E-state index in [-0.39, 0.29) is 6.16 Å². The van der Waals surface area contributed by atoms with Crippen LogP contribution in [0.4, 0.5) is 0 Å². The zero-order valence-corrected chi connectivity index (χ0v) is 17.1. The maximum absolute atomic E-state index is 14.2. The van der Waals surface area contributed by atoms with Gasteiger partial charge in [0.2, 0.25) is 0 Å². The highest BCUT2D eigenvalue weighted by Gasteiger charge is 2.51. The van der Waals surface area contributed by atoms with Crippen molar-refractivity contribution in [3.05, 3.63) is 96.1 Å². The van der Waals surface area contributed by atoms with E-state index in [9.17, 15) is 9.36 Å². The molecule has 1 aliphatic rings. The van der Waals surface area contributed by atoms with Gasteiger partial charge in [0.1, 0.15) is 0 Å². The zero-order valence-electron chi connectivity index (χ0n) is 16.2. The van der Waals surface area contributed by atoms with Crippen molar-refractivity contribution in [1.29, 1.82) is 0 Å². The van der Waals surface area contributed by atoms with E-state index in [4.69, 9.17) is 4.52 Å². The number of carbonyl (C=O) groups is 1. The van der Waals surface area contributed by atoms with Gasteiger partial charge in [-0.25, -0.2) is 0 Å². The number of benzene rings is 3. The summed E-state index contributed by atoms with van der Waals surface area (Å²) < 4.78 is 19.8. The molecule has 5 heteroatoms. The highest BCUT2D eigenvalue weighted by atomic mass is 31.2. The Labute approximate surface area is 170 Å². The molecule has 0 saturated heterocycles. The standard InChI is InChI=1S/C24H22NO3P/c1-19(26)28-29(27,24(16-8-17-25-24)22-12-3-2-4-13-22)18-15-21-11-7-10-20-9-5-6-14-23(20)21/h2-14,16-17H,15,18H2,1H3. The van der Waals surface area contributed by atoms with Crippen LogP contribution in [0.5, 0.6) is 0 Å². The van der Waals surface area contributed by atoms with Crippen LogP contribution in [0.15, 0.2) is 89.9 Å². The molecule has 0 aliphatic carbocycles. The summed E-state index contributed by atoms with van der Waals surface area (Å²) in [5.41, 5.74) is 1.83. The molecule has 0 amide bonds. The Morgan fingerprint density at radius 3 is 2.45 bits per heavy atom. The maximum Gasteiger partial charge on any atom is 0.307 e. The fraction of sp³-hybridized carbons (Fsp3) is 0.167. The summed E-state index contributed by atoms with van der Waals surface area (Å²) in [6.45, 7) is 1.30. The summed E-state index contributed by atoms with van der Waals surface area (Å²) in [5, 5.41) is 1.07. The van der Waals surface area contributed by atoms with Crippen LogP contribution in [0.3, 0.4) is 0 Å². The third-order valence-corrected chi connectivity index (χ3v) is 8.16. The second-order valence-corrected chi connectivity index (χ2v) is 9.76. The second-order valence-electron chi connectivity index (χ2n) is 7.10. The summed E-state index contributed by atoms with van der Waals surface area (Å²) in [7, 11) is -3.55. The predicted octanol–water partition coefficient (Wildman–Crippen LogP) is 5.72. The molecule has 0 radical (unpaired) electrons. The molecule has 0 fully saturated rings. The lowest BCUT2D eigenvalue weighted by Gasteiger charge is -2.33. The summed E-state index contributed by atoms with van der Waals surface area (Å²) in [6.07, 6.45) is 5.90. The summed E-state index contributed by atoms with van der Waals surface area (Å²) in [4.78, 5) is 16.5. The molecule has 3 aromatic rings. The summed E-state index contributed by atoms with van der Waals surface area (Å²) in [6, 6.07) is 23.6. The van der Waals surface area contributed by atoms with E-state index in [1.165, 1.54) is 6.92 Å². The molecule has 29 heavy (non-hydrogen) atoms. The number of hydrogen-bond donors (Lipinski definition) is 0. The fourth-order valence-electron chi connectivity index (χ4n) is 3.90. The van der Waals surface area contributed by atoms with E-state index in [0.717, 1.165) is 21.9 Å². The number of aliphatic imine (C=N–C) groups is 1. The first-order chi connectivity index (χ1) is 14.0. The van der Waals surface area contributed by atoms with E-state index in [1.807, 2.05) is 54.6 Å². The normalized spacial score (nSPS) is 19.9. The molecular weight excluding hydrogens is 381 g/mol. The average molecular weight is 403 g/mol. The largest absolute Gasteiger partial charge is 0.409 e. The van der Waals surface area contributed by atoms with Crippen LogP contribution < -0.4 is 0 Å². The number of hydrogen-bond acceptors (Lipinski definition) is 4. The predicted molar refractivity (Wildman–Crippen MR) is 118 cm³/mol. The molecule has 0 bridgehead atoms. The minimum absolute atomic E-state index is 0.206. The van der Waals surface area contributed by atoms with Crippen molar-refractivity contribution in [2.24, 2.45) is 4.99 Å². The Hall–Kier alpha value is -2.97. The third kappa shape index (κ3) is 3.56. The lowest BCUT2D eigenvalue weighted by atomic mass is 10.0. The van der Waals surface area contributed by atoms with Gasteiger partial charge < -0.3 is 4.52 Å². The van der Waals surface area contributed by atoms with Crippen LogP contribution in [-0.2, 0) is 25.6 Å². The molecule has 0 N–H and O–H groups in total. The van der Waals surface area contributed by atoms with E-state index in [2.05, 4.69) is 23.2 Å². The molecule has 2 unspecified atom stereocenters. The zero-order chi connectivity index (χ0) is 20.3. The molecular formula is C24H22NO3P. The Balaban J connectivity index is 1.75. The highest BCUT2D eigenvalue weighted by Crippen LogP contribution is 2.66. The number of nitrogens with zero attached hydrogens (tertiary/aromatic N) is 1. The molecule has 1 heterocycles. The van der Waals surface area contributed by atoms with Gasteiger partial charge in [-0.3, -0.25) is 14.4 Å². The molecule has 1 aliphatic heterocycles. The van der Waals surface area contributed by atoms with Crippen molar-refractivity contribution in [2.45, 2.75) is 18.6 Å². The van der Waals surface area contributed by atoms with Gasteiger partial charge in [0.25, 0.3) is 7.37 Å². The molecule has 146 valence electrons. The quantitative estimate of drug-likeness (QED) is 0.495. The minimum Gasteiger partial charge on any atom is -0.409 e. The molecule has 0 aromatic heterocycles. The van der Waals surface area contributed by atoms with Gasteiger partial charge in [-0.05, 0) is 40.5 Å². The molecule has 4 nitrogen and oxygen atoms in total. The third-order valence-electron chi connectivity index (χ3n) is 5.24. The van der Waals surface area contributed by atoms with Crippen LogP contribution in [-0.4, -0.2) is 18.3 Å². The monoisotopic (exact) mass is 403 g/mol. The van der Waals surface area contributed by atoms with Crippen LogP contribution in [0, 0.1) is 0 Å². The fourth-order valence-corrected chi connectivity index (χ4v) is 6.52. The number of fused-ring (bicyclic) bond motifs is 1. The first kappa shape index (κ1) is 19.4. The topological polar surface area (TPSA) is 55.7 Å². The number of rotatable bonds is 6. The Morgan fingerprint density at radius 1 is 1.00 bits per heavy atom. The molecule has 2 atom stereocenters. The molecule has 3 aromatic carbocycles. The van der Waals surface area contributed by atoms with Crippen molar-refractivity contribution in [3.8, 4) is 0 Å². The van der Waals surface area contributed by atoms with Crippen LogP contribution in [0.25, 0.3) is 10.8 Å². The van der Waals surface area contributed by atoms with E-state index in [1.54, 1.807) is 18.4 Å². The van der Waals surface area contributed by atoms with Crippen LogP contribution in [0.1, 0.15) is 18.1 Å². The lowest BCUT2D eigenvalue weighted by molar-refractivity contribution is -0.131. The maximum atomic E-state index is 14.2. The minimum atomic E-state index is -3.55. The molecule has 4 rings (SSSR count). The van der Waals surface area contributed by atoms with Crippen molar-refractivity contribution in [1.82, 2.24) is 0 Å². The van der Waals surface area contributed by atoms with Crippen molar-refractivity contribution < 1.29 is 13.9 Å². The SMILES string of the molecule is CC(=O)OP(=O)(CCc1cccc2ccccc12)C1(c2ccccc2)C=CC=N1. The molecule has 0 spiro atoms. The van der Waals surface area contributed by atoms with E-state index >= 15 is 0 Å². The van der Waals surface area contributed by atoms with E-state index in [0.29, 0.717) is 6.42 Å². The van der Waals surface area contributed by atoms with Gasteiger partial charge in [0, 0.05) is 19.3 Å². The van der Waals surface area contributed by atoms with Crippen LogP contribution >= 0.6 is 7.37 Å². The van der Waals surface area contributed by atoms with Gasteiger partial charge in [0.15, 0.2) is 5.28 Å². The first-order valence-electron chi connectivity index (χ1n) is 9.59.